The maximum Gasteiger partial charge on any atom is 0.246 e. The van der Waals surface area contributed by atoms with E-state index in [1.807, 2.05) is 32.0 Å². The van der Waals surface area contributed by atoms with Gasteiger partial charge in [0.15, 0.2) is 5.82 Å². The second-order valence-corrected chi connectivity index (χ2v) is 7.54. The van der Waals surface area contributed by atoms with Gasteiger partial charge in [-0.15, -0.1) is 10.2 Å². The van der Waals surface area contributed by atoms with Gasteiger partial charge in [-0.1, -0.05) is 0 Å². The van der Waals surface area contributed by atoms with Crippen molar-refractivity contribution in [1.29, 1.82) is 0 Å². The first-order valence-corrected chi connectivity index (χ1v) is 9.90. The number of H-pyrrole nitrogens is 2. The van der Waals surface area contributed by atoms with E-state index in [-0.39, 0.29) is 17.9 Å². The predicted octanol–water partition coefficient (Wildman–Crippen LogP) is 1.95. The molecule has 1 aliphatic heterocycles. The number of rotatable bonds is 7. The molecule has 0 radical (unpaired) electrons. The molecule has 2 amide bonds. The summed E-state index contributed by atoms with van der Waals surface area (Å²) in [6, 6.07) is 5.90. The summed E-state index contributed by atoms with van der Waals surface area (Å²) in [5.41, 5.74) is 2.61. The van der Waals surface area contributed by atoms with Crippen LogP contribution in [-0.4, -0.2) is 61.2 Å². The molecule has 0 saturated heterocycles. The molecule has 0 aliphatic carbocycles. The second kappa shape index (κ2) is 8.36. The quantitative estimate of drug-likeness (QED) is 0.472. The number of hydrogen-bond donors (Lipinski definition) is 4. The third-order valence-electron chi connectivity index (χ3n) is 4.81. The third kappa shape index (κ3) is 4.48. The van der Waals surface area contributed by atoms with Crippen molar-refractivity contribution < 1.29 is 9.59 Å². The Kier molecular flexibility index (Phi) is 5.46. The van der Waals surface area contributed by atoms with Crippen LogP contribution in [0.15, 0.2) is 30.5 Å². The molecule has 4 rings (SSSR count). The molecule has 0 spiro atoms. The Hall–Kier alpha value is -3.69. The lowest BCUT2D eigenvalue weighted by Gasteiger charge is -2.25. The summed E-state index contributed by atoms with van der Waals surface area (Å²) in [6.45, 7) is 4.77. The number of carbonyl (C=O) groups is 2. The second-order valence-electron chi connectivity index (χ2n) is 7.54. The fourth-order valence-electron chi connectivity index (χ4n) is 3.34. The van der Waals surface area contributed by atoms with Gasteiger partial charge >= 0.3 is 0 Å². The lowest BCUT2D eigenvalue weighted by atomic mass is 10.1. The molecular formula is C20H24N8O2. The van der Waals surface area contributed by atoms with Gasteiger partial charge in [0.1, 0.15) is 0 Å². The van der Waals surface area contributed by atoms with E-state index < -0.39 is 0 Å². The van der Waals surface area contributed by atoms with Crippen molar-refractivity contribution in [3.63, 3.8) is 0 Å². The molecule has 0 unspecified atom stereocenters. The van der Waals surface area contributed by atoms with Crippen molar-refractivity contribution in [2.45, 2.75) is 32.7 Å². The summed E-state index contributed by atoms with van der Waals surface area (Å²) in [6.07, 6.45) is 4.26. The van der Waals surface area contributed by atoms with Crippen molar-refractivity contribution in [1.82, 2.24) is 35.6 Å². The Morgan fingerprint density at radius 2 is 2.17 bits per heavy atom. The van der Waals surface area contributed by atoms with Crippen LogP contribution in [0.25, 0.3) is 16.5 Å². The van der Waals surface area contributed by atoms with Crippen LogP contribution in [0, 0.1) is 0 Å². The first-order valence-electron chi connectivity index (χ1n) is 9.90. The first kappa shape index (κ1) is 19.6. The van der Waals surface area contributed by atoms with Gasteiger partial charge in [-0.25, -0.2) is 0 Å². The summed E-state index contributed by atoms with van der Waals surface area (Å²) in [5.74, 6) is 0.887. The number of anilines is 2. The molecule has 1 aliphatic rings. The lowest BCUT2D eigenvalue weighted by Crippen LogP contribution is -2.38. The van der Waals surface area contributed by atoms with E-state index in [0.717, 1.165) is 22.2 Å². The van der Waals surface area contributed by atoms with Gasteiger partial charge in [-0.3, -0.25) is 14.7 Å². The van der Waals surface area contributed by atoms with E-state index in [1.165, 1.54) is 0 Å². The van der Waals surface area contributed by atoms with Gasteiger partial charge in [-0.05, 0) is 38.5 Å². The molecule has 2 aromatic heterocycles. The minimum Gasteiger partial charge on any atom is -0.354 e. The zero-order valence-corrected chi connectivity index (χ0v) is 16.9. The number of amides is 2. The smallest absolute Gasteiger partial charge is 0.246 e. The predicted molar refractivity (Wildman–Crippen MR) is 113 cm³/mol. The van der Waals surface area contributed by atoms with Crippen LogP contribution in [0.2, 0.25) is 0 Å². The maximum atomic E-state index is 12.4. The van der Waals surface area contributed by atoms with Gasteiger partial charge in [0.2, 0.25) is 17.8 Å². The molecule has 3 aromatic rings. The van der Waals surface area contributed by atoms with Crippen molar-refractivity contribution in [3.05, 3.63) is 36.3 Å². The normalized spacial score (nSPS) is 14.3. The highest BCUT2D eigenvalue weighted by Gasteiger charge is 2.22. The number of hydrogen-bond acceptors (Lipinski definition) is 6. The zero-order valence-electron chi connectivity index (χ0n) is 16.9. The highest BCUT2D eigenvalue weighted by Crippen LogP contribution is 2.23. The topological polar surface area (TPSA) is 132 Å². The standard InChI is InChI=1S/C20H24N8O2/c1-12(2)22-17(29)6-8-28-7-5-13(10-18(28)30)19-24-20(27-26-19)23-15-3-4-16-14(9-15)11-21-25-16/h3-4,9-12H,5-8H2,1-2H3,(H,21,25)(H,22,29)(H2,23,24,26,27). The highest BCUT2D eigenvalue weighted by molar-refractivity contribution is 5.96. The van der Waals surface area contributed by atoms with Gasteiger partial charge < -0.3 is 20.5 Å². The van der Waals surface area contributed by atoms with E-state index in [1.54, 1.807) is 17.2 Å². The minimum atomic E-state index is -0.120. The fraction of sp³-hybridized carbons (Fsp3) is 0.350. The van der Waals surface area contributed by atoms with Crippen LogP contribution >= 0.6 is 0 Å². The number of benzene rings is 1. The molecule has 4 N–H and O–H groups in total. The number of nitrogens with zero attached hydrogens (tertiary/aromatic N) is 4. The molecule has 0 atom stereocenters. The van der Waals surface area contributed by atoms with Crippen LogP contribution in [0.1, 0.15) is 32.5 Å². The Morgan fingerprint density at radius 3 is 2.97 bits per heavy atom. The van der Waals surface area contributed by atoms with Gasteiger partial charge in [0.25, 0.3) is 0 Å². The monoisotopic (exact) mass is 408 g/mol. The number of aromatic nitrogens is 5. The maximum absolute atomic E-state index is 12.4. The molecule has 30 heavy (non-hydrogen) atoms. The molecule has 0 fully saturated rings. The lowest BCUT2D eigenvalue weighted by molar-refractivity contribution is -0.127. The molecule has 156 valence electrons. The average Bonchev–Trinajstić information content (AvgIpc) is 3.35. The molecule has 0 saturated carbocycles. The molecule has 3 heterocycles. The van der Waals surface area contributed by atoms with E-state index in [0.29, 0.717) is 37.7 Å². The van der Waals surface area contributed by atoms with Crippen LogP contribution in [0.4, 0.5) is 11.6 Å². The Balaban J connectivity index is 1.37. The average molecular weight is 408 g/mol. The summed E-state index contributed by atoms with van der Waals surface area (Å²) >= 11 is 0. The Bertz CT molecular complexity index is 1100. The molecule has 10 nitrogen and oxygen atoms in total. The van der Waals surface area contributed by atoms with E-state index in [9.17, 15) is 9.59 Å². The molecule has 0 bridgehead atoms. The number of carbonyl (C=O) groups excluding carboxylic acids is 2. The van der Waals surface area contributed by atoms with Crippen LogP contribution < -0.4 is 10.6 Å². The zero-order chi connectivity index (χ0) is 21.1. The summed E-state index contributed by atoms with van der Waals surface area (Å²) in [5, 5.41) is 22.2. The van der Waals surface area contributed by atoms with E-state index in [2.05, 4.69) is 36.0 Å². The SMILES string of the molecule is CC(C)NC(=O)CCN1CCC(c2nnc(Nc3ccc4[nH]ncc4c3)[nH]2)=CC1=O. The van der Waals surface area contributed by atoms with Gasteiger partial charge in [0.05, 0.1) is 11.7 Å². The fourth-order valence-corrected chi connectivity index (χ4v) is 3.34. The number of fused-ring (bicyclic) bond motifs is 1. The van der Waals surface area contributed by atoms with Crippen molar-refractivity contribution in [3.8, 4) is 0 Å². The Labute approximate surface area is 173 Å². The highest BCUT2D eigenvalue weighted by atomic mass is 16.2. The van der Waals surface area contributed by atoms with Crippen molar-refractivity contribution in [2.75, 3.05) is 18.4 Å². The summed E-state index contributed by atoms with van der Waals surface area (Å²) in [7, 11) is 0. The minimum absolute atomic E-state index is 0.0489. The molecule has 10 heteroatoms. The third-order valence-corrected chi connectivity index (χ3v) is 4.81. The van der Waals surface area contributed by atoms with Crippen molar-refractivity contribution in [2.24, 2.45) is 0 Å². The van der Waals surface area contributed by atoms with Gasteiger partial charge in [0, 0.05) is 48.3 Å². The Morgan fingerprint density at radius 1 is 1.30 bits per heavy atom. The first-order chi connectivity index (χ1) is 14.5. The van der Waals surface area contributed by atoms with E-state index >= 15 is 0 Å². The summed E-state index contributed by atoms with van der Waals surface area (Å²) in [4.78, 5) is 29.0. The number of aromatic amines is 2. The molecular weight excluding hydrogens is 384 g/mol. The summed E-state index contributed by atoms with van der Waals surface area (Å²) < 4.78 is 0. The molecule has 1 aromatic carbocycles. The largest absolute Gasteiger partial charge is 0.354 e. The van der Waals surface area contributed by atoms with Gasteiger partial charge in [-0.2, -0.15) is 5.10 Å². The van der Waals surface area contributed by atoms with Crippen molar-refractivity contribution >= 4 is 39.9 Å². The van der Waals surface area contributed by atoms with Crippen LogP contribution in [0.3, 0.4) is 0 Å². The van der Waals surface area contributed by atoms with E-state index in [4.69, 9.17) is 0 Å². The van der Waals surface area contributed by atoms with Crippen LogP contribution in [0.5, 0.6) is 0 Å². The van der Waals surface area contributed by atoms with Crippen LogP contribution in [-0.2, 0) is 9.59 Å². The number of nitrogens with one attached hydrogen (secondary N) is 4.